The van der Waals surface area contributed by atoms with Gasteiger partial charge in [-0.1, -0.05) is 6.92 Å². The topological polar surface area (TPSA) is 58.6 Å². The van der Waals surface area contributed by atoms with Gasteiger partial charge in [-0.05, 0) is 26.3 Å². The van der Waals surface area contributed by atoms with Crippen molar-refractivity contribution < 1.29 is 14.3 Å². The second kappa shape index (κ2) is 6.60. The summed E-state index contributed by atoms with van der Waals surface area (Å²) in [5.41, 5.74) is 0. The minimum absolute atomic E-state index is 0.0367. The number of hydrogen-bond donors (Lipinski definition) is 1. The summed E-state index contributed by atoms with van der Waals surface area (Å²) in [6, 6.07) is 0.464. The van der Waals surface area contributed by atoms with E-state index < -0.39 is 0 Å². The van der Waals surface area contributed by atoms with Crippen LogP contribution in [0.15, 0.2) is 0 Å². The molecule has 92 valence electrons. The molecular weight excluding hydrogens is 208 g/mol. The molecule has 0 spiro atoms. The normalized spacial score (nSPS) is 19.0. The molecule has 0 radical (unpaired) electrons. The van der Waals surface area contributed by atoms with E-state index in [1.165, 1.54) is 4.90 Å². The van der Waals surface area contributed by atoms with Crippen LogP contribution in [-0.2, 0) is 14.3 Å². The lowest BCUT2D eigenvalue weighted by Crippen LogP contribution is -2.46. The highest BCUT2D eigenvalue weighted by Crippen LogP contribution is 2.06. The van der Waals surface area contributed by atoms with Crippen LogP contribution in [0.5, 0.6) is 0 Å². The molecule has 2 amide bonds. The zero-order valence-electron chi connectivity index (χ0n) is 9.99. The molecule has 1 heterocycles. The third-order valence-corrected chi connectivity index (χ3v) is 2.89. The van der Waals surface area contributed by atoms with E-state index in [-0.39, 0.29) is 25.0 Å². The van der Waals surface area contributed by atoms with Crippen LogP contribution in [-0.4, -0.2) is 49.6 Å². The minimum Gasteiger partial charge on any atom is -0.362 e. The number of morpholine rings is 1. The molecule has 0 bridgehead atoms. The molecular formula is C11H20N2O3. The van der Waals surface area contributed by atoms with Gasteiger partial charge in [0.15, 0.2) is 0 Å². The Balaban J connectivity index is 2.30. The molecule has 1 atom stereocenters. The fourth-order valence-electron chi connectivity index (χ4n) is 1.82. The Kier molecular flexibility index (Phi) is 5.42. The average Bonchev–Trinajstić information content (AvgIpc) is 2.28. The Hall–Kier alpha value is -0.940. The molecule has 16 heavy (non-hydrogen) atoms. The van der Waals surface area contributed by atoms with E-state index in [2.05, 4.69) is 12.2 Å². The number of amides is 2. The third kappa shape index (κ3) is 3.57. The first-order chi connectivity index (χ1) is 7.69. The second-order valence-corrected chi connectivity index (χ2v) is 3.97. The molecule has 1 aliphatic rings. The average molecular weight is 228 g/mol. The Morgan fingerprint density at radius 2 is 2.00 bits per heavy atom. The summed E-state index contributed by atoms with van der Waals surface area (Å²) in [7, 11) is 1.93. The predicted molar refractivity (Wildman–Crippen MR) is 59.9 cm³/mol. The lowest BCUT2D eigenvalue weighted by atomic mass is 10.1. The van der Waals surface area contributed by atoms with Crippen molar-refractivity contribution in [2.75, 3.05) is 26.8 Å². The van der Waals surface area contributed by atoms with Crippen molar-refractivity contribution in [1.29, 1.82) is 0 Å². The van der Waals surface area contributed by atoms with Gasteiger partial charge in [0.1, 0.15) is 13.2 Å². The van der Waals surface area contributed by atoms with Crippen LogP contribution < -0.4 is 5.32 Å². The van der Waals surface area contributed by atoms with Crippen LogP contribution in [0.3, 0.4) is 0 Å². The van der Waals surface area contributed by atoms with Gasteiger partial charge in [-0.15, -0.1) is 0 Å². The summed E-state index contributed by atoms with van der Waals surface area (Å²) in [6.07, 6.45) is 2.88. The largest absolute Gasteiger partial charge is 0.362 e. The van der Waals surface area contributed by atoms with Crippen LogP contribution in [0.25, 0.3) is 0 Å². The summed E-state index contributed by atoms with van der Waals surface area (Å²) < 4.78 is 4.84. The lowest BCUT2D eigenvalue weighted by molar-refractivity contribution is -0.158. The summed E-state index contributed by atoms with van der Waals surface area (Å²) in [5, 5.41) is 3.20. The molecule has 0 aromatic carbocycles. The summed E-state index contributed by atoms with van der Waals surface area (Å²) in [4.78, 5) is 24.1. The molecule has 1 rings (SSSR count). The molecule has 0 aliphatic carbocycles. The zero-order chi connectivity index (χ0) is 12.0. The number of rotatable bonds is 6. The van der Waals surface area contributed by atoms with Gasteiger partial charge in [-0.25, -0.2) is 0 Å². The van der Waals surface area contributed by atoms with Gasteiger partial charge in [-0.2, -0.15) is 0 Å². The van der Waals surface area contributed by atoms with Gasteiger partial charge in [-0.3, -0.25) is 14.5 Å². The highest BCUT2D eigenvalue weighted by atomic mass is 16.5. The highest BCUT2D eigenvalue weighted by molar-refractivity contribution is 5.98. The standard InChI is InChI=1S/C11H20N2O3/c1-3-9(12-2)5-4-6-13-10(14)7-16-8-11(13)15/h9,12H,3-8H2,1-2H3. The van der Waals surface area contributed by atoms with Crippen molar-refractivity contribution in [1.82, 2.24) is 10.2 Å². The van der Waals surface area contributed by atoms with Crippen LogP contribution in [0.1, 0.15) is 26.2 Å². The molecule has 1 saturated heterocycles. The van der Waals surface area contributed by atoms with E-state index in [4.69, 9.17) is 4.74 Å². The van der Waals surface area contributed by atoms with Gasteiger partial charge < -0.3 is 10.1 Å². The van der Waals surface area contributed by atoms with Crippen molar-refractivity contribution in [3.8, 4) is 0 Å². The highest BCUT2D eigenvalue weighted by Gasteiger charge is 2.25. The number of ether oxygens (including phenoxy) is 1. The maximum Gasteiger partial charge on any atom is 0.255 e. The van der Waals surface area contributed by atoms with Crippen LogP contribution in [0.4, 0.5) is 0 Å². The van der Waals surface area contributed by atoms with Gasteiger partial charge in [0.05, 0.1) is 0 Å². The molecule has 1 fully saturated rings. The van der Waals surface area contributed by atoms with Crippen LogP contribution >= 0.6 is 0 Å². The monoisotopic (exact) mass is 228 g/mol. The number of carbonyl (C=O) groups is 2. The maximum absolute atomic E-state index is 11.4. The number of carbonyl (C=O) groups excluding carboxylic acids is 2. The van der Waals surface area contributed by atoms with E-state index in [1.54, 1.807) is 0 Å². The third-order valence-electron chi connectivity index (χ3n) is 2.89. The number of hydrogen-bond acceptors (Lipinski definition) is 4. The minimum atomic E-state index is -0.214. The van der Waals surface area contributed by atoms with E-state index in [0.717, 1.165) is 19.3 Å². The summed E-state index contributed by atoms with van der Waals surface area (Å²) in [6.45, 7) is 2.70. The van der Waals surface area contributed by atoms with Crippen molar-refractivity contribution in [3.63, 3.8) is 0 Å². The quantitative estimate of drug-likeness (QED) is 0.657. The Morgan fingerprint density at radius 3 is 2.50 bits per heavy atom. The number of nitrogens with one attached hydrogen (secondary N) is 1. The number of nitrogens with zero attached hydrogens (tertiary/aromatic N) is 1. The summed E-state index contributed by atoms with van der Waals surface area (Å²) in [5.74, 6) is -0.428. The maximum atomic E-state index is 11.4. The first-order valence-electron chi connectivity index (χ1n) is 5.77. The smallest absolute Gasteiger partial charge is 0.255 e. The van der Waals surface area contributed by atoms with Crippen molar-refractivity contribution >= 4 is 11.8 Å². The fourth-order valence-corrected chi connectivity index (χ4v) is 1.82. The van der Waals surface area contributed by atoms with E-state index in [1.807, 2.05) is 7.05 Å². The Bertz CT molecular complexity index is 236. The van der Waals surface area contributed by atoms with Gasteiger partial charge in [0, 0.05) is 12.6 Å². The first-order valence-corrected chi connectivity index (χ1v) is 5.77. The molecule has 1 aliphatic heterocycles. The molecule has 0 aromatic heterocycles. The molecule has 0 saturated carbocycles. The number of imide groups is 1. The van der Waals surface area contributed by atoms with Crippen molar-refractivity contribution in [3.05, 3.63) is 0 Å². The van der Waals surface area contributed by atoms with E-state index in [9.17, 15) is 9.59 Å². The summed E-state index contributed by atoms with van der Waals surface area (Å²) >= 11 is 0. The zero-order valence-corrected chi connectivity index (χ0v) is 9.99. The van der Waals surface area contributed by atoms with E-state index >= 15 is 0 Å². The molecule has 1 N–H and O–H groups in total. The Morgan fingerprint density at radius 1 is 1.38 bits per heavy atom. The fraction of sp³-hybridized carbons (Fsp3) is 0.818. The van der Waals surface area contributed by atoms with E-state index in [0.29, 0.717) is 12.6 Å². The predicted octanol–water partition coefficient (Wildman–Crippen LogP) is 0.150. The molecule has 0 aromatic rings. The van der Waals surface area contributed by atoms with Crippen molar-refractivity contribution in [2.45, 2.75) is 32.2 Å². The molecule has 5 nitrogen and oxygen atoms in total. The van der Waals surface area contributed by atoms with Gasteiger partial charge in [0.25, 0.3) is 11.8 Å². The molecule has 5 heteroatoms. The second-order valence-electron chi connectivity index (χ2n) is 3.97. The SMILES string of the molecule is CCC(CCCN1C(=O)COCC1=O)NC. The lowest BCUT2D eigenvalue weighted by Gasteiger charge is -2.25. The van der Waals surface area contributed by atoms with Gasteiger partial charge in [0.2, 0.25) is 0 Å². The van der Waals surface area contributed by atoms with Crippen molar-refractivity contribution in [2.24, 2.45) is 0 Å². The first kappa shape index (κ1) is 13.1. The molecule has 1 unspecified atom stereocenters. The van der Waals surface area contributed by atoms with Crippen LogP contribution in [0, 0.1) is 0 Å². The van der Waals surface area contributed by atoms with Crippen LogP contribution in [0.2, 0.25) is 0 Å². The van der Waals surface area contributed by atoms with Gasteiger partial charge >= 0.3 is 0 Å². The Labute approximate surface area is 96.1 Å².